The van der Waals surface area contributed by atoms with Crippen LogP contribution in [0.5, 0.6) is 0 Å². The van der Waals surface area contributed by atoms with Gasteiger partial charge in [0, 0.05) is 6.42 Å². The quantitative estimate of drug-likeness (QED) is 0.0420. The molecule has 484 valence electrons. The van der Waals surface area contributed by atoms with Crippen molar-refractivity contribution in [3.05, 3.63) is 48.6 Å². The number of hydrogen-bond acceptors (Lipinski definition) is 3. The Balaban J connectivity index is 3.36. The number of hydrogen-bond donors (Lipinski definition) is 3. The van der Waals surface area contributed by atoms with Gasteiger partial charge in [0.2, 0.25) is 5.91 Å². The molecule has 0 saturated carbocycles. The van der Waals surface area contributed by atoms with E-state index < -0.39 is 12.1 Å². The zero-order valence-electron chi connectivity index (χ0n) is 56.0. The lowest BCUT2D eigenvalue weighted by atomic mass is 10.0. The minimum atomic E-state index is -0.660. The smallest absolute Gasteiger partial charge is 0.220 e. The van der Waals surface area contributed by atoms with Gasteiger partial charge in [-0.05, 0) is 51.4 Å². The predicted molar refractivity (Wildman–Crippen MR) is 368 cm³/mol. The zero-order valence-corrected chi connectivity index (χ0v) is 56.0. The molecular formula is C78H149NO3. The van der Waals surface area contributed by atoms with Crippen LogP contribution in [0.1, 0.15) is 425 Å². The Morgan fingerprint density at radius 2 is 0.537 bits per heavy atom. The first-order valence-corrected chi connectivity index (χ1v) is 37.8. The van der Waals surface area contributed by atoms with Gasteiger partial charge in [0.15, 0.2) is 0 Å². The largest absolute Gasteiger partial charge is 0.394 e. The molecule has 0 aromatic carbocycles. The molecule has 3 N–H and O–H groups in total. The lowest BCUT2D eigenvalue weighted by Gasteiger charge is -2.22. The van der Waals surface area contributed by atoms with Crippen molar-refractivity contribution in [2.75, 3.05) is 6.61 Å². The summed E-state index contributed by atoms with van der Waals surface area (Å²) in [5.74, 6) is -0.0214. The van der Waals surface area contributed by atoms with E-state index in [4.69, 9.17) is 0 Å². The van der Waals surface area contributed by atoms with E-state index >= 15 is 0 Å². The maximum atomic E-state index is 12.6. The van der Waals surface area contributed by atoms with Crippen LogP contribution in [0.25, 0.3) is 0 Å². The summed E-state index contributed by atoms with van der Waals surface area (Å²) in [4.78, 5) is 12.6. The van der Waals surface area contributed by atoms with E-state index in [1.165, 1.54) is 347 Å². The molecule has 0 rings (SSSR count). The number of rotatable bonds is 71. The number of aliphatic hydroxyl groups excluding tert-OH is 2. The van der Waals surface area contributed by atoms with Crippen molar-refractivity contribution in [3.63, 3.8) is 0 Å². The molecule has 4 nitrogen and oxygen atoms in total. The summed E-state index contributed by atoms with van der Waals surface area (Å²) in [6.45, 7) is 4.30. The molecule has 0 aromatic rings. The minimum Gasteiger partial charge on any atom is -0.394 e. The van der Waals surface area contributed by atoms with Gasteiger partial charge in [-0.1, -0.05) is 416 Å². The molecule has 0 bridgehead atoms. The second-order valence-electron chi connectivity index (χ2n) is 26.1. The van der Waals surface area contributed by atoms with Crippen molar-refractivity contribution in [1.29, 1.82) is 0 Å². The molecule has 0 saturated heterocycles. The van der Waals surface area contributed by atoms with Crippen molar-refractivity contribution >= 4 is 5.91 Å². The average molecular weight is 1150 g/mol. The van der Waals surface area contributed by atoms with Crippen LogP contribution in [0.4, 0.5) is 0 Å². The minimum absolute atomic E-state index is 0.0214. The monoisotopic (exact) mass is 1150 g/mol. The van der Waals surface area contributed by atoms with Crippen LogP contribution in [0, 0.1) is 0 Å². The van der Waals surface area contributed by atoms with Crippen LogP contribution in [-0.4, -0.2) is 34.9 Å². The third kappa shape index (κ3) is 69.1. The van der Waals surface area contributed by atoms with Crippen molar-refractivity contribution < 1.29 is 15.0 Å². The molecule has 0 heterocycles. The first-order valence-electron chi connectivity index (χ1n) is 37.8. The molecular weight excluding hydrogens is 999 g/mol. The van der Waals surface area contributed by atoms with Crippen molar-refractivity contribution in [1.82, 2.24) is 5.32 Å². The van der Waals surface area contributed by atoms with Crippen LogP contribution in [-0.2, 0) is 4.79 Å². The number of allylic oxidation sites excluding steroid dienone is 8. The second kappa shape index (κ2) is 73.6. The Hall–Kier alpha value is -1.65. The fourth-order valence-corrected chi connectivity index (χ4v) is 12.2. The predicted octanol–water partition coefficient (Wildman–Crippen LogP) is 26.1. The number of amides is 1. The Kier molecular flexibility index (Phi) is 72.1. The fraction of sp³-hybridized carbons (Fsp3) is 0.885. The molecule has 0 aromatic heterocycles. The highest BCUT2D eigenvalue weighted by molar-refractivity contribution is 5.76. The molecule has 1 amide bonds. The molecule has 4 heteroatoms. The summed E-state index contributed by atoms with van der Waals surface area (Å²) in [6.07, 6.45) is 103. The van der Waals surface area contributed by atoms with Crippen LogP contribution < -0.4 is 5.32 Å². The summed E-state index contributed by atoms with van der Waals surface area (Å²) in [5, 5.41) is 23.5. The van der Waals surface area contributed by atoms with Gasteiger partial charge >= 0.3 is 0 Å². The SMILES string of the molecule is CC/C=C\C/C=C\C/C=C\C/C=C\CCCCCCCCCCCCCCCCCCCCCCCCCCCCC(=O)NC(CO)C(O)CCCCCCCCCCCCCCCCCCCCCCCCCCCCCCCCC. The van der Waals surface area contributed by atoms with Gasteiger partial charge in [-0.15, -0.1) is 0 Å². The third-order valence-corrected chi connectivity index (χ3v) is 17.9. The van der Waals surface area contributed by atoms with Crippen LogP contribution in [0.2, 0.25) is 0 Å². The van der Waals surface area contributed by atoms with E-state index in [1.54, 1.807) is 0 Å². The first-order chi connectivity index (χ1) is 40.7. The maximum Gasteiger partial charge on any atom is 0.220 e. The average Bonchev–Trinajstić information content (AvgIpc) is 3.50. The van der Waals surface area contributed by atoms with Gasteiger partial charge in [0.1, 0.15) is 0 Å². The number of carbonyl (C=O) groups is 1. The van der Waals surface area contributed by atoms with Crippen LogP contribution >= 0.6 is 0 Å². The van der Waals surface area contributed by atoms with Crippen LogP contribution in [0.3, 0.4) is 0 Å². The Labute approximate surface area is 515 Å². The number of nitrogens with one attached hydrogen (secondary N) is 1. The first kappa shape index (κ1) is 80.3. The van der Waals surface area contributed by atoms with E-state index in [-0.39, 0.29) is 12.5 Å². The molecule has 0 aliphatic rings. The molecule has 0 aliphatic heterocycles. The Bertz CT molecular complexity index is 1300. The van der Waals surface area contributed by atoms with Crippen molar-refractivity contribution in [2.24, 2.45) is 0 Å². The summed E-state index contributed by atoms with van der Waals surface area (Å²) in [5.41, 5.74) is 0. The molecule has 0 aliphatic carbocycles. The highest BCUT2D eigenvalue weighted by atomic mass is 16.3. The van der Waals surface area contributed by atoms with Gasteiger partial charge in [-0.3, -0.25) is 4.79 Å². The molecule has 0 radical (unpaired) electrons. The third-order valence-electron chi connectivity index (χ3n) is 17.9. The highest BCUT2D eigenvalue weighted by Gasteiger charge is 2.20. The summed E-state index contributed by atoms with van der Waals surface area (Å²) >= 11 is 0. The number of aliphatic hydroxyl groups is 2. The fourth-order valence-electron chi connectivity index (χ4n) is 12.2. The molecule has 0 fully saturated rings. The number of unbranched alkanes of at least 4 members (excludes halogenated alkanes) is 56. The van der Waals surface area contributed by atoms with Gasteiger partial charge in [0.05, 0.1) is 18.8 Å². The van der Waals surface area contributed by atoms with Crippen molar-refractivity contribution in [3.8, 4) is 0 Å². The highest BCUT2D eigenvalue weighted by Crippen LogP contribution is 2.20. The second-order valence-corrected chi connectivity index (χ2v) is 26.1. The lowest BCUT2D eigenvalue weighted by molar-refractivity contribution is -0.123. The topological polar surface area (TPSA) is 69.6 Å². The van der Waals surface area contributed by atoms with Gasteiger partial charge < -0.3 is 15.5 Å². The lowest BCUT2D eigenvalue weighted by Crippen LogP contribution is -2.45. The molecule has 2 unspecified atom stereocenters. The molecule has 0 spiro atoms. The summed E-state index contributed by atoms with van der Waals surface area (Å²) < 4.78 is 0. The zero-order chi connectivity index (χ0) is 59.1. The molecule has 2 atom stereocenters. The maximum absolute atomic E-state index is 12.6. The van der Waals surface area contributed by atoms with E-state index in [2.05, 4.69) is 67.8 Å². The summed E-state index contributed by atoms with van der Waals surface area (Å²) in [6, 6.07) is -0.537. The van der Waals surface area contributed by atoms with Gasteiger partial charge in [-0.25, -0.2) is 0 Å². The van der Waals surface area contributed by atoms with Crippen molar-refractivity contribution in [2.45, 2.75) is 437 Å². The Morgan fingerprint density at radius 1 is 0.305 bits per heavy atom. The van der Waals surface area contributed by atoms with E-state index in [9.17, 15) is 15.0 Å². The summed E-state index contributed by atoms with van der Waals surface area (Å²) in [7, 11) is 0. The van der Waals surface area contributed by atoms with Gasteiger partial charge in [0.25, 0.3) is 0 Å². The van der Waals surface area contributed by atoms with Crippen LogP contribution in [0.15, 0.2) is 48.6 Å². The number of carbonyl (C=O) groups excluding carboxylic acids is 1. The van der Waals surface area contributed by atoms with E-state index in [1.807, 2.05) is 0 Å². The standard InChI is InChI=1S/C78H149NO3/c1-3-5-7-9-11-13-15-17-19-21-23-25-27-29-31-33-35-36-37-38-39-40-41-42-44-46-48-50-52-54-56-58-60-62-64-66-68-70-72-74-78(82)79-76(75-80)77(81)73-71-69-67-65-63-61-59-57-55-53-51-49-47-45-43-34-32-30-28-26-24-22-20-18-16-14-12-10-8-6-4-2/h5,7,11,13,17,19,23,25,76-77,80-81H,3-4,6,8-10,12,14-16,18,20-22,24,26-75H2,1-2H3,(H,79,82)/b7-5-,13-11-,19-17-,25-23-. The van der Waals surface area contributed by atoms with E-state index in [0.717, 1.165) is 51.4 Å². The van der Waals surface area contributed by atoms with E-state index in [0.29, 0.717) is 12.8 Å². The Morgan fingerprint density at radius 3 is 0.805 bits per heavy atom. The normalized spacial score (nSPS) is 12.9. The van der Waals surface area contributed by atoms with Gasteiger partial charge in [-0.2, -0.15) is 0 Å². The molecule has 82 heavy (non-hydrogen) atoms.